The third-order valence-corrected chi connectivity index (χ3v) is 4.67. The molecule has 4 N–H and O–H groups in total. The minimum absolute atomic E-state index is 0. The van der Waals surface area contributed by atoms with Gasteiger partial charge in [0.25, 0.3) is 0 Å². The van der Waals surface area contributed by atoms with E-state index in [1.54, 1.807) is 24.3 Å². The van der Waals surface area contributed by atoms with Crippen LogP contribution in [0, 0.1) is 0 Å². The summed E-state index contributed by atoms with van der Waals surface area (Å²) >= 11 is 0. The van der Waals surface area contributed by atoms with Crippen LogP contribution in [-0.4, -0.2) is 44.3 Å². The molecule has 164 valence electrons. The van der Waals surface area contributed by atoms with E-state index in [1.807, 2.05) is 0 Å². The summed E-state index contributed by atoms with van der Waals surface area (Å²) in [5.41, 5.74) is 0.761. The summed E-state index contributed by atoms with van der Waals surface area (Å²) in [4.78, 5) is 42.9. The fourth-order valence-electron chi connectivity index (χ4n) is 3.02. The molecular weight excluding hydrogens is 507 g/mol. The number of carbonyl (C=O) groups is 4. The first-order valence-corrected chi connectivity index (χ1v) is 9.16. The summed E-state index contributed by atoms with van der Waals surface area (Å²) in [6, 6.07) is 18.3. The number of hydrogen-bond donors (Lipinski definition) is 4. The Morgan fingerprint density at radius 2 is 0.576 bits per heavy atom. The third kappa shape index (κ3) is 6.11. The standard InChI is InChI=1S/2C12H8O4.Zr/c2*13-11(14)9-3-1-7-5-10(12(15)16)4-2-8(7)6-9;/h2*1-6H,(H,13,14)(H,15,16);. The second-order valence-corrected chi connectivity index (χ2v) is 6.77. The molecule has 0 atom stereocenters. The zero-order chi connectivity index (χ0) is 23.4. The Morgan fingerprint density at radius 3 is 0.727 bits per heavy atom. The Hall–Kier alpha value is -3.84. The Balaban J connectivity index is 0.000000227. The molecule has 4 aromatic carbocycles. The third-order valence-electron chi connectivity index (χ3n) is 4.67. The van der Waals surface area contributed by atoms with E-state index in [-0.39, 0.29) is 48.5 Å². The average molecular weight is 524 g/mol. The summed E-state index contributed by atoms with van der Waals surface area (Å²) in [5.74, 6) is -3.98. The quantitative estimate of drug-likeness (QED) is 0.306. The van der Waals surface area contributed by atoms with Gasteiger partial charge in [-0.05, 0) is 70.1 Å². The molecule has 0 aliphatic rings. The first kappa shape index (κ1) is 25.4. The zero-order valence-corrected chi connectivity index (χ0v) is 19.3. The summed E-state index contributed by atoms with van der Waals surface area (Å²) < 4.78 is 0. The van der Waals surface area contributed by atoms with Crippen molar-refractivity contribution in [3.8, 4) is 0 Å². The van der Waals surface area contributed by atoms with Crippen molar-refractivity contribution < 1.29 is 65.8 Å². The van der Waals surface area contributed by atoms with Gasteiger partial charge in [-0.25, -0.2) is 19.2 Å². The van der Waals surface area contributed by atoms with E-state index in [1.165, 1.54) is 48.5 Å². The van der Waals surface area contributed by atoms with Gasteiger partial charge in [0.2, 0.25) is 0 Å². The number of carboxylic acid groups (broad SMARTS) is 4. The van der Waals surface area contributed by atoms with Gasteiger partial charge in [-0.2, -0.15) is 0 Å². The Morgan fingerprint density at radius 1 is 0.394 bits per heavy atom. The molecule has 0 aliphatic heterocycles. The van der Waals surface area contributed by atoms with Crippen molar-refractivity contribution in [3.63, 3.8) is 0 Å². The van der Waals surface area contributed by atoms with Gasteiger partial charge < -0.3 is 20.4 Å². The maximum absolute atomic E-state index is 10.7. The molecule has 0 bridgehead atoms. The maximum atomic E-state index is 10.7. The number of fused-ring (bicyclic) bond motifs is 2. The maximum Gasteiger partial charge on any atom is 0.335 e. The van der Waals surface area contributed by atoms with Crippen LogP contribution >= 0.6 is 0 Å². The van der Waals surface area contributed by atoms with Crippen LogP contribution in [0.2, 0.25) is 0 Å². The van der Waals surface area contributed by atoms with Gasteiger partial charge >= 0.3 is 23.9 Å². The monoisotopic (exact) mass is 522 g/mol. The van der Waals surface area contributed by atoms with Crippen molar-refractivity contribution in [3.05, 3.63) is 95.1 Å². The average Bonchev–Trinajstić information content (AvgIpc) is 2.77. The Labute approximate surface area is 205 Å². The van der Waals surface area contributed by atoms with Crippen LogP contribution < -0.4 is 0 Å². The van der Waals surface area contributed by atoms with Crippen LogP contribution in [0.5, 0.6) is 0 Å². The minimum Gasteiger partial charge on any atom is -0.478 e. The zero-order valence-electron chi connectivity index (χ0n) is 16.9. The van der Waals surface area contributed by atoms with Crippen molar-refractivity contribution in [1.29, 1.82) is 0 Å². The molecule has 33 heavy (non-hydrogen) atoms. The van der Waals surface area contributed by atoms with E-state index < -0.39 is 23.9 Å². The fraction of sp³-hybridized carbons (Fsp3) is 0. The molecule has 0 radical (unpaired) electrons. The first-order valence-electron chi connectivity index (χ1n) is 9.16. The molecule has 8 nitrogen and oxygen atoms in total. The van der Waals surface area contributed by atoms with Crippen molar-refractivity contribution in [1.82, 2.24) is 0 Å². The molecule has 0 heterocycles. The number of benzene rings is 4. The topological polar surface area (TPSA) is 149 Å². The summed E-state index contributed by atoms with van der Waals surface area (Å²) in [6.07, 6.45) is 0. The van der Waals surface area contributed by atoms with Crippen molar-refractivity contribution in [2.24, 2.45) is 0 Å². The molecule has 9 heteroatoms. The SMILES string of the molecule is O=C(O)c1ccc2cc(C(=O)O)ccc2c1.O=C(O)c1ccc2cc(C(=O)O)ccc2c1.[Zr]. The fourth-order valence-corrected chi connectivity index (χ4v) is 3.02. The van der Waals surface area contributed by atoms with Crippen LogP contribution in [0.4, 0.5) is 0 Å². The minimum atomic E-state index is -0.996. The van der Waals surface area contributed by atoms with Gasteiger partial charge in [-0.3, -0.25) is 0 Å². The van der Waals surface area contributed by atoms with Crippen LogP contribution in [0.15, 0.2) is 72.8 Å². The smallest absolute Gasteiger partial charge is 0.335 e. The summed E-state index contributed by atoms with van der Waals surface area (Å²) in [6.45, 7) is 0. The number of carboxylic acids is 4. The van der Waals surface area contributed by atoms with E-state index in [0.717, 1.165) is 0 Å². The van der Waals surface area contributed by atoms with E-state index >= 15 is 0 Å². The van der Waals surface area contributed by atoms with Crippen molar-refractivity contribution in [2.75, 3.05) is 0 Å². The molecule has 0 unspecified atom stereocenters. The largest absolute Gasteiger partial charge is 0.478 e. The van der Waals surface area contributed by atoms with Crippen molar-refractivity contribution >= 4 is 45.4 Å². The normalized spacial score (nSPS) is 9.94. The van der Waals surface area contributed by atoms with Crippen molar-refractivity contribution in [2.45, 2.75) is 0 Å². The Kier molecular flexibility index (Phi) is 8.21. The van der Waals surface area contributed by atoms with Gasteiger partial charge in [-0.1, -0.05) is 24.3 Å². The van der Waals surface area contributed by atoms with E-state index in [4.69, 9.17) is 20.4 Å². The van der Waals surface area contributed by atoms with Crippen LogP contribution in [0.25, 0.3) is 21.5 Å². The molecule has 4 rings (SSSR count). The van der Waals surface area contributed by atoms with Gasteiger partial charge in [0.05, 0.1) is 22.3 Å². The predicted octanol–water partition coefficient (Wildman–Crippen LogP) is 4.47. The molecule has 0 aliphatic carbocycles. The molecule has 0 aromatic heterocycles. The molecule has 0 saturated carbocycles. The van der Waals surface area contributed by atoms with E-state index in [2.05, 4.69) is 0 Å². The van der Waals surface area contributed by atoms with Gasteiger partial charge in [-0.15, -0.1) is 0 Å². The number of hydrogen-bond acceptors (Lipinski definition) is 4. The molecule has 0 saturated heterocycles. The van der Waals surface area contributed by atoms with Crippen LogP contribution in [0.1, 0.15) is 41.4 Å². The molecule has 4 aromatic rings. The van der Waals surface area contributed by atoms with Crippen LogP contribution in [0.3, 0.4) is 0 Å². The van der Waals surface area contributed by atoms with E-state index in [0.29, 0.717) is 21.5 Å². The summed E-state index contributed by atoms with van der Waals surface area (Å²) in [5, 5.41) is 38.0. The Bertz CT molecular complexity index is 1180. The second kappa shape index (κ2) is 10.7. The van der Waals surface area contributed by atoms with Gasteiger partial charge in [0, 0.05) is 26.2 Å². The molecular formula is C24H16O8Zr. The first-order chi connectivity index (χ1) is 15.2. The molecule has 0 amide bonds. The van der Waals surface area contributed by atoms with Gasteiger partial charge in [0.15, 0.2) is 0 Å². The number of aromatic carboxylic acids is 4. The van der Waals surface area contributed by atoms with Crippen LogP contribution in [-0.2, 0) is 26.2 Å². The molecule has 0 fully saturated rings. The number of rotatable bonds is 4. The molecule has 0 spiro atoms. The second-order valence-electron chi connectivity index (χ2n) is 6.77. The van der Waals surface area contributed by atoms with E-state index in [9.17, 15) is 19.2 Å². The van der Waals surface area contributed by atoms with Gasteiger partial charge in [0.1, 0.15) is 0 Å². The predicted molar refractivity (Wildman–Crippen MR) is 116 cm³/mol. The summed E-state index contributed by atoms with van der Waals surface area (Å²) in [7, 11) is 0.